The van der Waals surface area contributed by atoms with E-state index in [0.717, 1.165) is 55.6 Å². The third-order valence-electron chi connectivity index (χ3n) is 15.0. The Hall–Kier alpha value is 0.690. The monoisotopic (exact) mass is 1090 g/mol. The van der Waals surface area contributed by atoms with Crippen LogP contribution in [0.5, 0.6) is 0 Å². The Balaban J connectivity index is 4.49. The molecule has 3 atom stereocenters. The molecule has 3 N–H and O–H groups in total. The zero-order chi connectivity index (χ0) is 53.3. The van der Waals surface area contributed by atoms with Gasteiger partial charge >= 0.3 is 7.75 Å². The van der Waals surface area contributed by atoms with E-state index in [1.807, 2.05) is 0 Å². The average molecular weight is 1090 g/mol. The number of hydrogen-bond donors (Lipinski definition) is 3. The van der Waals surface area contributed by atoms with E-state index in [1.165, 1.54) is 281 Å². The third kappa shape index (κ3) is 58.7. The maximum Gasteiger partial charge on any atom is 0.405 e. The van der Waals surface area contributed by atoms with E-state index in [9.17, 15) is 4.57 Å². The van der Waals surface area contributed by atoms with E-state index in [0.29, 0.717) is 37.5 Å². The Bertz CT molecular complexity index is 1100. The zero-order valence-electron chi connectivity index (χ0n) is 49.8. The summed E-state index contributed by atoms with van der Waals surface area (Å²) < 4.78 is 26.5. The Morgan fingerprint density at radius 1 is 0.411 bits per heavy atom. The molecule has 0 bridgehead atoms. The van der Waals surface area contributed by atoms with Crippen molar-refractivity contribution in [3.05, 3.63) is 7.05 Å². The number of quaternary nitrogens is 1. The van der Waals surface area contributed by atoms with Gasteiger partial charge in [-0.1, -0.05) is 258 Å². The highest BCUT2D eigenvalue weighted by atomic mass is 32.2. The molecule has 0 spiro atoms. The molecule has 0 radical (unpaired) electrons. The van der Waals surface area contributed by atoms with E-state index in [-0.39, 0.29) is 0 Å². The van der Waals surface area contributed by atoms with Crippen LogP contribution in [0.2, 0.25) is 0 Å². The van der Waals surface area contributed by atoms with Crippen molar-refractivity contribution in [2.75, 3.05) is 65.1 Å². The lowest BCUT2D eigenvalue weighted by atomic mass is 10.0. The van der Waals surface area contributed by atoms with Crippen LogP contribution in [0.1, 0.15) is 322 Å². The van der Waals surface area contributed by atoms with Crippen LogP contribution in [-0.2, 0) is 13.6 Å². The van der Waals surface area contributed by atoms with Gasteiger partial charge in [-0.2, -0.15) is 23.5 Å². The standard InChI is InChI=1S/C63H131N2O5PS2/c1-6-8-10-12-21-31-41-51-63(73-61-49-39-29-19-15-17-25-35-45-57-67)53-43-33-23-27-37-47-59-70-71(68,64-54-55-65(3,4)5)69-58-46-36-26-20-22-32-42-52-62(50-40-30-13-11-9-7-2)72-60-48-38-28-18-14-16-24-34-44-56-66/h62-63,66-67H,3,6-61H2,1-2,4-5H3,(H,64,68). The van der Waals surface area contributed by atoms with Gasteiger partial charge in [-0.3, -0.25) is 9.05 Å². The van der Waals surface area contributed by atoms with E-state index in [4.69, 9.17) is 19.3 Å². The number of likely N-dealkylation sites (N-methyl/N-ethyl adjacent to an activating group) is 1. The van der Waals surface area contributed by atoms with Gasteiger partial charge in [0, 0.05) is 37.8 Å². The number of hydrogen-bond acceptors (Lipinski definition) is 7. The van der Waals surface area contributed by atoms with Crippen molar-refractivity contribution in [2.24, 2.45) is 0 Å². The normalized spacial score (nSPS) is 13.8. The summed E-state index contributed by atoms with van der Waals surface area (Å²) in [5.74, 6) is 2.68. The number of rotatable bonds is 64. The fourth-order valence-electron chi connectivity index (χ4n) is 10.0. The predicted octanol–water partition coefficient (Wildman–Crippen LogP) is 20.5. The maximum atomic E-state index is 13.8. The van der Waals surface area contributed by atoms with Crippen LogP contribution in [0.15, 0.2) is 0 Å². The smallest absolute Gasteiger partial charge is 0.405 e. The van der Waals surface area contributed by atoms with Crippen molar-refractivity contribution in [3.63, 3.8) is 0 Å². The summed E-state index contributed by atoms with van der Waals surface area (Å²) in [6.07, 6.45) is 63.0. The van der Waals surface area contributed by atoms with Crippen molar-refractivity contribution < 1.29 is 28.3 Å². The minimum atomic E-state index is -3.35. The van der Waals surface area contributed by atoms with Crippen molar-refractivity contribution in [3.8, 4) is 0 Å². The molecule has 0 amide bonds. The Morgan fingerprint density at radius 2 is 0.671 bits per heavy atom. The molecule has 73 heavy (non-hydrogen) atoms. The van der Waals surface area contributed by atoms with Crippen LogP contribution in [0, 0.1) is 7.05 Å². The topological polar surface area (TPSA) is 88.0 Å². The molecule has 0 saturated heterocycles. The molecule has 0 aromatic carbocycles. The first-order chi connectivity index (χ1) is 35.7. The van der Waals surface area contributed by atoms with E-state index in [2.05, 4.69) is 63.6 Å². The number of unbranched alkanes of at least 4 members (excludes halogenated alkanes) is 38. The second-order valence-corrected chi connectivity index (χ2v) is 27.8. The fourth-order valence-corrected chi connectivity index (χ4v) is 14.1. The zero-order valence-corrected chi connectivity index (χ0v) is 52.3. The predicted molar refractivity (Wildman–Crippen MR) is 329 cm³/mol. The highest BCUT2D eigenvalue weighted by Gasteiger charge is 2.24. The fraction of sp³-hybridized carbons (Fsp3) is 0.984. The van der Waals surface area contributed by atoms with Crippen molar-refractivity contribution in [2.45, 2.75) is 333 Å². The molecule has 0 fully saturated rings. The lowest BCUT2D eigenvalue weighted by Gasteiger charge is -2.33. The van der Waals surface area contributed by atoms with Gasteiger partial charge in [0.05, 0.1) is 26.3 Å². The van der Waals surface area contributed by atoms with Crippen LogP contribution in [0.4, 0.5) is 0 Å². The van der Waals surface area contributed by atoms with Crippen molar-refractivity contribution >= 4 is 31.3 Å². The number of aliphatic hydroxyl groups is 2. The maximum absolute atomic E-state index is 13.8. The molecule has 0 heterocycles. The lowest BCUT2D eigenvalue weighted by Crippen LogP contribution is -2.38. The van der Waals surface area contributed by atoms with Gasteiger partial charge in [-0.25, -0.2) is 9.65 Å². The summed E-state index contributed by atoms with van der Waals surface area (Å²) in [6.45, 7) is 7.62. The van der Waals surface area contributed by atoms with Gasteiger partial charge in [0.2, 0.25) is 0 Å². The van der Waals surface area contributed by atoms with Crippen molar-refractivity contribution in [1.29, 1.82) is 0 Å². The van der Waals surface area contributed by atoms with Crippen LogP contribution >= 0.6 is 31.3 Å². The molecular formula is C63H131N2O5PS2. The van der Waals surface area contributed by atoms with Crippen LogP contribution in [-0.4, -0.2) is 90.3 Å². The summed E-state index contributed by atoms with van der Waals surface area (Å²) in [6, 6.07) is 0. The molecule has 0 aliphatic rings. The molecule has 0 saturated carbocycles. The first kappa shape index (κ1) is 73.7. The average Bonchev–Trinajstić information content (AvgIpc) is 3.37. The quantitative estimate of drug-likeness (QED) is 0.0240. The Morgan fingerprint density at radius 3 is 0.959 bits per heavy atom. The van der Waals surface area contributed by atoms with Gasteiger partial charge in [0.25, 0.3) is 0 Å². The molecule has 3 unspecified atom stereocenters. The van der Waals surface area contributed by atoms with Crippen LogP contribution in [0.3, 0.4) is 0 Å². The van der Waals surface area contributed by atoms with Gasteiger partial charge in [0.15, 0.2) is 0 Å². The van der Waals surface area contributed by atoms with E-state index in [1.54, 1.807) is 0 Å². The van der Waals surface area contributed by atoms with Crippen LogP contribution < -0.4 is 5.09 Å². The molecule has 10 heteroatoms. The molecule has 7 nitrogen and oxygen atoms in total. The van der Waals surface area contributed by atoms with Gasteiger partial charge in [-0.05, 0) is 75.7 Å². The molecule has 0 aliphatic heterocycles. The highest BCUT2D eigenvalue weighted by Crippen LogP contribution is 2.44. The second kappa shape index (κ2) is 58.8. The molecular weight excluding hydrogens is 960 g/mol. The second-order valence-electron chi connectivity index (χ2n) is 23.2. The lowest BCUT2D eigenvalue weighted by molar-refractivity contribution is -0.844. The summed E-state index contributed by atoms with van der Waals surface area (Å²) in [5, 5.41) is 22.8. The number of thioether (sulfide) groups is 2. The summed E-state index contributed by atoms with van der Waals surface area (Å²) in [7, 11) is 4.95. The first-order valence-corrected chi connectivity index (χ1v) is 36.1. The number of nitrogens with zero attached hydrogens (tertiary/aromatic N) is 1. The molecule has 0 rings (SSSR count). The summed E-state index contributed by atoms with van der Waals surface area (Å²) in [4.78, 5) is 0. The molecule has 440 valence electrons. The summed E-state index contributed by atoms with van der Waals surface area (Å²) >= 11 is 4.57. The molecule has 0 aromatic rings. The summed E-state index contributed by atoms with van der Waals surface area (Å²) in [5.41, 5.74) is 0. The van der Waals surface area contributed by atoms with E-state index < -0.39 is 7.75 Å². The minimum absolute atomic E-state index is 0.349. The van der Waals surface area contributed by atoms with Gasteiger partial charge in [-0.15, -0.1) is 7.05 Å². The van der Waals surface area contributed by atoms with Gasteiger partial charge < -0.3 is 14.7 Å². The highest BCUT2D eigenvalue weighted by molar-refractivity contribution is 8.00. The SMILES string of the molecule is [CH2-][N+](C)(C)CCNP(=O)(OCCCCCCCCCC(CCCCCCCC)SCCCCCCCCCCCO)OCCCCCCCCC(CCCCCCCCC)SCCCCCCCCCCCO. The first-order valence-electron chi connectivity index (χ1n) is 32.5. The largest absolute Gasteiger partial charge is 0.461 e. The number of nitrogens with one attached hydrogen (secondary N) is 1. The van der Waals surface area contributed by atoms with Crippen LogP contribution in [0.25, 0.3) is 0 Å². The third-order valence-corrected chi connectivity index (χ3v) is 19.5. The molecule has 0 aliphatic carbocycles. The van der Waals surface area contributed by atoms with Crippen molar-refractivity contribution in [1.82, 2.24) is 5.09 Å². The van der Waals surface area contributed by atoms with Gasteiger partial charge in [0.1, 0.15) is 0 Å². The van der Waals surface area contributed by atoms with E-state index >= 15 is 0 Å². The Labute approximate surface area is 466 Å². The minimum Gasteiger partial charge on any atom is -0.461 e. The number of aliphatic hydroxyl groups excluding tert-OH is 2. The Kier molecular flexibility index (Phi) is 59.4. The molecule has 0 aromatic heterocycles.